The Morgan fingerprint density at radius 3 is 2.52 bits per heavy atom. The van der Waals surface area contributed by atoms with Gasteiger partial charge >= 0.3 is 0 Å². The van der Waals surface area contributed by atoms with Crippen molar-refractivity contribution < 1.29 is 17.2 Å². The molecule has 0 saturated carbocycles. The molecule has 0 radical (unpaired) electrons. The number of hydrogen-bond acceptors (Lipinski definition) is 3. The highest BCUT2D eigenvalue weighted by atomic mass is 32.2. The average molecular weight is 315 g/mol. The predicted molar refractivity (Wildman–Crippen MR) is 74.6 cm³/mol. The standard InChI is InChI=1S/C13H15F2N3O2S/c1-9(2)18-8-11(7-16-18)21(19,20)17(3)13-6-10(14)4-5-12(13)15/h4-9H,1-3H3. The summed E-state index contributed by atoms with van der Waals surface area (Å²) in [5.74, 6) is -1.54. The third-order valence-corrected chi connectivity index (χ3v) is 4.74. The summed E-state index contributed by atoms with van der Waals surface area (Å²) in [6.07, 6.45) is 2.54. The summed E-state index contributed by atoms with van der Waals surface area (Å²) in [6.45, 7) is 3.69. The van der Waals surface area contributed by atoms with Crippen molar-refractivity contribution in [2.45, 2.75) is 24.8 Å². The zero-order chi connectivity index (χ0) is 15.8. The van der Waals surface area contributed by atoms with Crippen molar-refractivity contribution >= 4 is 15.7 Å². The maximum atomic E-state index is 13.7. The van der Waals surface area contributed by atoms with Crippen molar-refractivity contribution in [2.75, 3.05) is 11.4 Å². The number of anilines is 1. The second-order valence-corrected chi connectivity index (χ2v) is 6.79. The van der Waals surface area contributed by atoms with E-state index in [0.717, 1.165) is 18.2 Å². The van der Waals surface area contributed by atoms with E-state index in [2.05, 4.69) is 5.10 Å². The summed E-state index contributed by atoms with van der Waals surface area (Å²) >= 11 is 0. The van der Waals surface area contributed by atoms with Crippen LogP contribution < -0.4 is 4.31 Å². The molecule has 0 unspecified atom stereocenters. The Balaban J connectivity index is 2.44. The first kappa shape index (κ1) is 15.4. The van der Waals surface area contributed by atoms with Gasteiger partial charge in [-0.1, -0.05) is 0 Å². The summed E-state index contributed by atoms with van der Waals surface area (Å²) in [7, 11) is -2.83. The van der Waals surface area contributed by atoms with E-state index in [4.69, 9.17) is 0 Å². The molecule has 114 valence electrons. The second-order valence-electron chi connectivity index (χ2n) is 4.82. The molecule has 1 aromatic heterocycles. The Labute approximate surface area is 121 Å². The van der Waals surface area contributed by atoms with E-state index >= 15 is 0 Å². The molecule has 0 atom stereocenters. The maximum Gasteiger partial charge on any atom is 0.267 e. The van der Waals surface area contributed by atoms with Crippen molar-refractivity contribution in [3.8, 4) is 0 Å². The molecule has 0 saturated heterocycles. The Morgan fingerprint density at radius 1 is 1.29 bits per heavy atom. The molecule has 1 aromatic carbocycles. The summed E-state index contributed by atoms with van der Waals surface area (Å²) < 4.78 is 53.9. The van der Waals surface area contributed by atoms with Crippen molar-refractivity contribution in [3.63, 3.8) is 0 Å². The summed E-state index contributed by atoms with van der Waals surface area (Å²) in [4.78, 5) is -0.0811. The van der Waals surface area contributed by atoms with Gasteiger partial charge in [0.2, 0.25) is 0 Å². The van der Waals surface area contributed by atoms with Crippen molar-refractivity contribution in [1.29, 1.82) is 0 Å². The molecule has 1 heterocycles. The molecule has 0 fully saturated rings. The van der Waals surface area contributed by atoms with Gasteiger partial charge in [-0.2, -0.15) is 5.10 Å². The van der Waals surface area contributed by atoms with Crippen molar-refractivity contribution in [1.82, 2.24) is 9.78 Å². The predicted octanol–water partition coefficient (Wildman–Crippen LogP) is 2.57. The fraction of sp³-hybridized carbons (Fsp3) is 0.308. The highest BCUT2D eigenvalue weighted by Crippen LogP contribution is 2.25. The minimum absolute atomic E-state index is 0.00911. The van der Waals surface area contributed by atoms with E-state index < -0.39 is 21.7 Å². The van der Waals surface area contributed by atoms with Crippen LogP contribution >= 0.6 is 0 Å². The quantitative estimate of drug-likeness (QED) is 0.871. The largest absolute Gasteiger partial charge is 0.269 e. The van der Waals surface area contributed by atoms with Gasteiger partial charge in [-0.25, -0.2) is 17.2 Å². The molecule has 0 amide bonds. The first-order valence-electron chi connectivity index (χ1n) is 6.21. The van der Waals surface area contributed by atoms with Crippen molar-refractivity contribution in [3.05, 3.63) is 42.2 Å². The third-order valence-electron chi connectivity index (χ3n) is 3.01. The van der Waals surface area contributed by atoms with Crippen LogP contribution in [0.15, 0.2) is 35.5 Å². The number of benzene rings is 1. The first-order chi connectivity index (χ1) is 9.73. The molecule has 5 nitrogen and oxygen atoms in total. The molecule has 2 rings (SSSR count). The van der Waals surface area contributed by atoms with Crippen LogP contribution in [0.4, 0.5) is 14.5 Å². The van der Waals surface area contributed by atoms with Gasteiger partial charge in [0.05, 0.1) is 11.9 Å². The molecule has 0 spiro atoms. The summed E-state index contributed by atoms with van der Waals surface area (Å²) in [5, 5.41) is 3.94. The van der Waals surface area contributed by atoms with Gasteiger partial charge in [0.1, 0.15) is 16.5 Å². The Morgan fingerprint density at radius 2 is 1.95 bits per heavy atom. The lowest BCUT2D eigenvalue weighted by atomic mass is 10.3. The molecule has 0 bridgehead atoms. The van der Waals surface area contributed by atoms with E-state index in [1.165, 1.54) is 24.1 Å². The molecule has 2 aromatic rings. The fourth-order valence-electron chi connectivity index (χ4n) is 1.75. The van der Waals surface area contributed by atoms with Gasteiger partial charge < -0.3 is 0 Å². The van der Waals surface area contributed by atoms with Crippen LogP contribution in [0.25, 0.3) is 0 Å². The van der Waals surface area contributed by atoms with Crippen LogP contribution in [0, 0.1) is 11.6 Å². The zero-order valence-electron chi connectivity index (χ0n) is 11.8. The van der Waals surface area contributed by atoms with Gasteiger partial charge in [0, 0.05) is 25.4 Å². The minimum atomic E-state index is -4.00. The number of hydrogen-bond donors (Lipinski definition) is 0. The molecule has 0 aliphatic carbocycles. The van der Waals surface area contributed by atoms with E-state index in [-0.39, 0.29) is 16.6 Å². The van der Waals surface area contributed by atoms with Gasteiger partial charge in [-0.15, -0.1) is 0 Å². The highest BCUT2D eigenvalue weighted by molar-refractivity contribution is 7.92. The molecular formula is C13H15F2N3O2S. The molecule has 8 heteroatoms. The summed E-state index contributed by atoms with van der Waals surface area (Å²) in [5.41, 5.74) is -0.354. The average Bonchev–Trinajstić information content (AvgIpc) is 2.91. The van der Waals surface area contributed by atoms with Crippen LogP contribution in [0.5, 0.6) is 0 Å². The molecule has 0 N–H and O–H groups in total. The number of aromatic nitrogens is 2. The van der Waals surface area contributed by atoms with Crippen LogP contribution in [-0.4, -0.2) is 25.2 Å². The van der Waals surface area contributed by atoms with E-state index in [1.807, 2.05) is 13.8 Å². The Kier molecular flexibility index (Phi) is 3.99. The van der Waals surface area contributed by atoms with E-state index in [0.29, 0.717) is 4.31 Å². The zero-order valence-corrected chi connectivity index (χ0v) is 12.6. The Bertz CT molecular complexity index is 757. The van der Waals surface area contributed by atoms with Gasteiger partial charge in [0.15, 0.2) is 0 Å². The third kappa shape index (κ3) is 2.90. The number of nitrogens with zero attached hydrogens (tertiary/aromatic N) is 3. The van der Waals surface area contributed by atoms with E-state index in [1.54, 1.807) is 0 Å². The van der Waals surface area contributed by atoms with Gasteiger partial charge in [0.25, 0.3) is 10.0 Å². The van der Waals surface area contributed by atoms with E-state index in [9.17, 15) is 17.2 Å². The second kappa shape index (κ2) is 5.44. The SMILES string of the molecule is CC(C)n1cc(S(=O)(=O)N(C)c2cc(F)ccc2F)cn1. The maximum absolute atomic E-state index is 13.7. The lowest BCUT2D eigenvalue weighted by molar-refractivity contribution is 0.531. The Hall–Kier alpha value is -1.96. The number of halogens is 2. The minimum Gasteiger partial charge on any atom is -0.269 e. The molecule has 0 aliphatic heterocycles. The topological polar surface area (TPSA) is 55.2 Å². The van der Waals surface area contributed by atoms with Crippen molar-refractivity contribution in [2.24, 2.45) is 0 Å². The fourth-order valence-corrected chi connectivity index (χ4v) is 2.89. The monoisotopic (exact) mass is 315 g/mol. The lowest BCUT2D eigenvalue weighted by Gasteiger charge is -2.19. The van der Waals surface area contributed by atoms with Crippen LogP contribution in [-0.2, 0) is 10.0 Å². The molecule has 21 heavy (non-hydrogen) atoms. The molecular weight excluding hydrogens is 300 g/mol. The normalized spacial score (nSPS) is 11.9. The smallest absolute Gasteiger partial charge is 0.267 e. The van der Waals surface area contributed by atoms with Gasteiger partial charge in [-0.05, 0) is 26.0 Å². The highest BCUT2D eigenvalue weighted by Gasteiger charge is 2.25. The van der Waals surface area contributed by atoms with Crippen LogP contribution in [0.1, 0.15) is 19.9 Å². The number of sulfonamides is 1. The summed E-state index contributed by atoms with van der Waals surface area (Å²) in [6, 6.07) is 2.63. The van der Waals surface area contributed by atoms with Gasteiger partial charge in [-0.3, -0.25) is 8.99 Å². The number of rotatable bonds is 4. The van der Waals surface area contributed by atoms with Crippen LogP contribution in [0.2, 0.25) is 0 Å². The molecule has 0 aliphatic rings. The first-order valence-corrected chi connectivity index (χ1v) is 7.65. The lowest BCUT2D eigenvalue weighted by Crippen LogP contribution is -2.27. The van der Waals surface area contributed by atoms with Crippen LogP contribution in [0.3, 0.4) is 0 Å².